The number of benzene rings is 1. The van der Waals surface area contributed by atoms with Gasteiger partial charge in [0.25, 0.3) is 0 Å². The Bertz CT molecular complexity index is 345. The molecule has 0 aromatic heterocycles. The number of para-hydroxylation sites is 1. The highest BCUT2D eigenvalue weighted by atomic mass is 16.5. The first-order chi connectivity index (χ1) is 9.27. The minimum atomic E-state index is 0.698. The van der Waals surface area contributed by atoms with Crippen LogP contribution in [0.5, 0.6) is 5.75 Å². The van der Waals surface area contributed by atoms with E-state index >= 15 is 0 Å². The van der Waals surface area contributed by atoms with Gasteiger partial charge in [-0.25, -0.2) is 0 Å². The van der Waals surface area contributed by atoms with Gasteiger partial charge in [-0.3, -0.25) is 0 Å². The van der Waals surface area contributed by atoms with Gasteiger partial charge in [-0.2, -0.15) is 0 Å². The summed E-state index contributed by atoms with van der Waals surface area (Å²) in [7, 11) is 4.03. The van der Waals surface area contributed by atoms with E-state index in [-0.39, 0.29) is 0 Å². The second-order valence-electron chi connectivity index (χ2n) is 4.49. The number of ether oxygens (including phenoxy) is 2. The Balaban J connectivity index is 2.28. The molecule has 19 heavy (non-hydrogen) atoms. The average molecular weight is 266 g/mol. The van der Waals surface area contributed by atoms with Crippen LogP contribution in [0.2, 0.25) is 0 Å². The predicted molar refractivity (Wildman–Crippen MR) is 78.7 cm³/mol. The zero-order valence-electron chi connectivity index (χ0n) is 12.3. The Hall–Kier alpha value is -1.10. The van der Waals surface area contributed by atoms with Crippen molar-refractivity contribution >= 4 is 0 Å². The molecular weight excluding hydrogens is 240 g/mol. The summed E-state index contributed by atoms with van der Waals surface area (Å²) >= 11 is 0. The molecule has 0 saturated carbocycles. The van der Waals surface area contributed by atoms with Crippen LogP contribution in [-0.2, 0) is 11.3 Å². The zero-order chi connectivity index (χ0) is 13.9. The molecule has 0 bridgehead atoms. The molecule has 0 aliphatic rings. The number of nitrogens with one attached hydrogen (secondary N) is 1. The van der Waals surface area contributed by atoms with Crippen molar-refractivity contribution in [2.75, 3.05) is 47.0 Å². The monoisotopic (exact) mass is 266 g/mol. The number of hydrogen-bond donors (Lipinski definition) is 1. The summed E-state index contributed by atoms with van der Waals surface area (Å²) in [6.07, 6.45) is 0. The second-order valence-corrected chi connectivity index (χ2v) is 4.49. The minimum absolute atomic E-state index is 0.698. The van der Waals surface area contributed by atoms with Crippen molar-refractivity contribution in [1.82, 2.24) is 10.2 Å². The fourth-order valence-corrected chi connectivity index (χ4v) is 1.77. The van der Waals surface area contributed by atoms with E-state index in [0.717, 1.165) is 38.6 Å². The highest BCUT2D eigenvalue weighted by Gasteiger charge is 2.03. The average Bonchev–Trinajstić information content (AvgIpc) is 2.41. The molecule has 0 saturated heterocycles. The van der Waals surface area contributed by atoms with Crippen LogP contribution in [-0.4, -0.2) is 51.9 Å². The smallest absolute Gasteiger partial charge is 0.123 e. The highest BCUT2D eigenvalue weighted by Crippen LogP contribution is 2.17. The lowest BCUT2D eigenvalue weighted by molar-refractivity contribution is 0.116. The van der Waals surface area contributed by atoms with Crippen molar-refractivity contribution in [3.63, 3.8) is 0 Å². The molecular formula is C15H26N2O2. The Labute approximate surface area is 116 Å². The number of hydrogen-bond acceptors (Lipinski definition) is 4. The van der Waals surface area contributed by atoms with Crippen molar-refractivity contribution in [3.05, 3.63) is 29.8 Å². The van der Waals surface area contributed by atoms with Gasteiger partial charge in [0.1, 0.15) is 12.4 Å². The van der Waals surface area contributed by atoms with Gasteiger partial charge in [0, 0.05) is 31.8 Å². The third-order valence-electron chi connectivity index (χ3n) is 2.89. The van der Waals surface area contributed by atoms with Gasteiger partial charge in [0.2, 0.25) is 0 Å². The van der Waals surface area contributed by atoms with E-state index < -0.39 is 0 Å². The summed E-state index contributed by atoms with van der Waals surface area (Å²) in [5.74, 6) is 0.968. The molecule has 108 valence electrons. The van der Waals surface area contributed by atoms with Crippen LogP contribution in [0.3, 0.4) is 0 Å². The van der Waals surface area contributed by atoms with E-state index in [0.29, 0.717) is 6.61 Å². The van der Waals surface area contributed by atoms with Gasteiger partial charge in [-0.15, -0.1) is 0 Å². The van der Waals surface area contributed by atoms with Gasteiger partial charge in [0.15, 0.2) is 0 Å². The first-order valence-electron chi connectivity index (χ1n) is 6.89. The lowest BCUT2D eigenvalue weighted by Crippen LogP contribution is -2.28. The summed E-state index contributed by atoms with van der Waals surface area (Å²) in [5, 5.41) is 3.15. The normalized spacial score (nSPS) is 10.9. The van der Waals surface area contributed by atoms with Crippen molar-refractivity contribution in [1.29, 1.82) is 0 Å². The first kappa shape index (κ1) is 16.0. The Morgan fingerprint density at radius 1 is 1.16 bits per heavy atom. The van der Waals surface area contributed by atoms with Gasteiger partial charge in [0.05, 0.1) is 6.61 Å². The molecule has 0 aliphatic carbocycles. The molecule has 0 aliphatic heterocycles. The van der Waals surface area contributed by atoms with Crippen molar-refractivity contribution in [2.24, 2.45) is 0 Å². The van der Waals surface area contributed by atoms with Crippen LogP contribution in [0.15, 0.2) is 24.3 Å². The molecule has 1 rings (SSSR count). The predicted octanol–water partition coefficient (Wildman–Crippen LogP) is 1.75. The van der Waals surface area contributed by atoms with E-state index in [1.54, 1.807) is 0 Å². The third-order valence-corrected chi connectivity index (χ3v) is 2.89. The summed E-state index contributed by atoms with van der Waals surface area (Å²) in [4.78, 5) is 2.22. The standard InChI is InChI=1S/C15H26N2O2/c1-4-18-11-9-17(3)10-12-19-15-8-6-5-7-14(15)13-16-2/h5-8,16H,4,9-13H2,1-3H3. The first-order valence-corrected chi connectivity index (χ1v) is 6.89. The van der Waals surface area contributed by atoms with E-state index in [9.17, 15) is 0 Å². The maximum absolute atomic E-state index is 5.84. The van der Waals surface area contributed by atoms with Crippen molar-refractivity contribution in [3.8, 4) is 5.75 Å². The van der Waals surface area contributed by atoms with E-state index in [1.807, 2.05) is 32.2 Å². The molecule has 0 amide bonds. The topological polar surface area (TPSA) is 33.7 Å². The molecule has 4 nitrogen and oxygen atoms in total. The number of nitrogens with zero attached hydrogens (tertiary/aromatic N) is 1. The molecule has 0 spiro atoms. The molecule has 1 aromatic carbocycles. The fourth-order valence-electron chi connectivity index (χ4n) is 1.77. The third kappa shape index (κ3) is 6.57. The van der Waals surface area contributed by atoms with E-state index in [4.69, 9.17) is 9.47 Å². The van der Waals surface area contributed by atoms with Crippen LogP contribution in [0.25, 0.3) is 0 Å². The zero-order valence-corrected chi connectivity index (χ0v) is 12.3. The van der Waals surface area contributed by atoms with Crippen molar-refractivity contribution < 1.29 is 9.47 Å². The molecule has 0 unspecified atom stereocenters. The summed E-state index contributed by atoms with van der Waals surface area (Å²) in [6, 6.07) is 8.15. The molecule has 0 fully saturated rings. The summed E-state index contributed by atoms with van der Waals surface area (Å²) in [5.41, 5.74) is 1.20. The number of likely N-dealkylation sites (N-methyl/N-ethyl adjacent to an activating group) is 1. The molecule has 4 heteroatoms. The second kappa shape index (κ2) is 9.78. The molecule has 1 N–H and O–H groups in total. The van der Waals surface area contributed by atoms with Gasteiger partial charge in [-0.1, -0.05) is 18.2 Å². The molecule has 0 heterocycles. The van der Waals surface area contributed by atoms with Crippen LogP contribution in [0.4, 0.5) is 0 Å². The Morgan fingerprint density at radius 3 is 2.63 bits per heavy atom. The van der Waals surface area contributed by atoms with Gasteiger partial charge >= 0.3 is 0 Å². The maximum Gasteiger partial charge on any atom is 0.123 e. The van der Waals surface area contributed by atoms with Crippen LogP contribution in [0, 0.1) is 0 Å². The molecule has 0 radical (unpaired) electrons. The lowest BCUT2D eigenvalue weighted by Gasteiger charge is -2.17. The minimum Gasteiger partial charge on any atom is -0.492 e. The fraction of sp³-hybridized carbons (Fsp3) is 0.600. The van der Waals surface area contributed by atoms with Crippen LogP contribution in [0.1, 0.15) is 12.5 Å². The summed E-state index contributed by atoms with van der Waals surface area (Å²) < 4.78 is 11.2. The Kier molecular flexibility index (Phi) is 8.21. The maximum atomic E-state index is 5.84. The van der Waals surface area contributed by atoms with Crippen LogP contribution >= 0.6 is 0 Å². The van der Waals surface area contributed by atoms with Crippen LogP contribution < -0.4 is 10.1 Å². The number of rotatable bonds is 10. The molecule has 1 aromatic rings. The molecule has 0 atom stereocenters. The van der Waals surface area contributed by atoms with E-state index in [1.165, 1.54) is 5.56 Å². The van der Waals surface area contributed by atoms with Gasteiger partial charge in [-0.05, 0) is 27.1 Å². The van der Waals surface area contributed by atoms with E-state index in [2.05, 4.69) is 23.3 Å². The SMILES string of the molecule is CCOCCN(C)CCOc1ccccc1CNC. The summed E-state index contributed by atoms with van der Waals surface area (Å²) in [6.45, 7) is 6.95. The lowest BCUT2D eigenvalue weighted by atomic mass is 10.2. The van der Waals surface area contributed by atoms with Crippen molar-refractivity contribution in [2.45, 2.75) is 13.5 Å². The highest BCUT2D eigenvalue weighted by molar-refractivity contribution is 5.33. The Morgan fingerprint density at radius 2 is 1.89 bits per heavy atom. The van der Waals surface area contributed by atoms with Gasteiger partial charge < -0.3 is 19.7 Å². The quantitative estimate of drug-likeness (QED) is 0.654. The largest absolute Gasteiger partial charge is 0.492 e.